The summed E-state index contributed by atoms with van der Waals surface area (Å²) in [7, 11) is -5.91. The first-order chi connectivity index (χ1) is 16.5. The molecule has 2 saturated heterocycles. The molecular weight excluding hydrogens is 527 g/mol. The number of rotatable bonds is 9. The highest BCUT2D eigenvalue weighted by Gasteiger charge is 2.50. The summed E-state index contributed by atoms with van der Waals surface area (Å²) >= 11 is 0.753. The summed E-state index contributed by atoms with van der Waals surface area (Å²) in [4.78, 5) is 36.2. The molecule has 2 aliphatic rings. The summed E-state index contributed by atoms with van der Waals surface area (Å²) in [6.07, 6.45) is -2.52. The molecule has 2 aromatic rings. The van der Waals surface area contributed by atoms with Crippen molar-refractivity contribution in [1.29, 1.82) is 0 Å². The number of fused-ring (bicyclic) bond motifs is 1. The Balaban J connectivity index is 1.34. The molecular formula is C17H25N6O9PS2. The number of nitrogens with one attached hydrogen (secondary N) is 1. The summed E-state index contributed by atoms with van der Waals surface area (Å²) in [6.45, 7) is -0.512. The van der Waals surface area contributed by atoms with Crippen molar-refractivity contribution in [3.63, 3.8) is 0 Å². The minimum atomic E-state index is -3.74. The molecule has 18 heteroatoms. The molecule has 0 aromatic carbocycles. The number of anilines is 1. The number of amides is 1. The summed E-state index contributed by atoms with van der Waals surface area (Å²) in [5.41, 5.74) is 6.36. The number of hydrogen-bond acceptors (Lipinski definition) is 14. The molecule has 2 unspecified atom stereocenters. The van der Waals surface area contributed by atoms with Gasteiger partial charge < -0.3 is 30.9 Å². The number of nitrogens with zero attached hydrogens (tertiary/aromatic N) is 4. The molecule has 4 rings (SSSR count). The fraction of sp³-hybridized carbons (Fsp3) is 0.647. The lowest BCUT2D eigenvalue weighted by molar-refractivity contribution is -0.210. The number of carbonyl (C=O) groups is 1. The molecule has 2 aliphatic heterocycles. The van der Waals surface area contributed by atoms with Gasteiger partial charge in [-0.25, -0.2) is 23.4 Å². The Bertz CT molecular complexity index is 1190. The van der Waals surface area contributed by atoms with Crippen LogP contribution in [0.5, 0.6) is 0 Å². The Hall–Kier alpha value is -1.69. The molecule has 5 N–H and O–H groups in total. The molecule has 0 radical (unpaired) electrons. The van der Waals surface area contributed by atoms with E-state index in [1.807, 2.05) is 0 Å². The number of aromatic nitrogens is 4. The predicted molar refractivity (Wildman–Crippen MR) is 123 cm³/mol. The molecule has 194 valence electrons. The normalized spacial score (nSPS) is 31.3. The minimum absolute atomic E-state index is 0.122. The van der Waals surface area contributed by atoms with Crippen molar-refractivity contribution in [2.75, 3.05) is 37.5 Å². The van der Waals surface area contributed by atoms with Gasteiger partial charge in [0.25, 0.3) is 7.15 Å². The van der Waals surface area contributed by atoms with E-state index in [2.05, 4.69) is 20.3 Å². The van der Waals surface area contributed by atoms with Crippen molar-refractivity contribution in [3.8, 4) is 0 Å². The maximum atomic E-state index is 12.9. The second kappa shape index (κ2) is 10.4. The standard InChI is InChI=1S/C17H25N6O9PS2/c1-19-11(24)2-3-35(28,29)6-9-4-30-33(27,34-9)31-5-10-13(25)14(26)17(32-10)23-8-22-12-15(18)20-7-21-16(12)23/h7-10,13-14,17,25-26H,2-6H2,1H3,(H,19,24)(H2,18,20,21)/t9?,10-,13-,14-,17-,33?/m1/s1. The highest BCUT2D eigenvalue weighted by molar-refractivity contribution is 8.57. The SMILES string of the molecule is CNC(=O)CCS(=O)(=O)CC1CO[P+]([O-])(OC[C@H]2O[C@@H](n3cnc4c(N)ncnc43)[C@H](O)[C@@H]2O)S1. The molecule has 15 nitrogen and oxygen atoms in total. The van der Waals surface area contributed by atoms with Gasteiger partial charge in [0.1, 0.15) is 43.4 Å². The Morgan fingerprint density at radius 3 is 2.91 bits per heavy atom. The number of ether oxygens (including phenoxy) is 1. The summed E-state index contributed by atoms with van der Waals surface area (Å²) < 4.78 is 42.3. The molecule has 0 saturated carbocycles. The number of imidazole rings is 1. The predicted octanol–water partition coefficient (Wildman–Crippen LogP) is -2.23. The first-order valence-electron chi connectivity index (χ1n) is 10.4. The number of nitrogens with two attached hydrogens (primary N) is 1. The van der Waals surface area contributed by atoms with Gasteiger partial charge >= 0.3 is 0 Å². The van der Waals surface area contributed by atoms with Crippen molar-refractivity contribution in [1.82, 2.24) is 24.8 Å². The molecule has 0 spiro atoms. The molecule has 4 heterocycles. The molecule has 0 bridgehead atoms. The quantitative estimate of drug-likeness (QED) is 0.242. The van der Waals surface area contributed by atoms with Crippen molar-refractivity contribution >= 4 is 51.3 Å². The second-order valence-electron chi connectivity index (χ2n) is 7.93. The third-order valence-electron chi connectivity index (χ3n) is 5.45. The number of carbonyl (C=O) groups excluding carboxylic acids is 1. The van der Waals surface area contributed by atoms with Crippen LogP contribution in [0.25, 0.3) is 11.2 Å². The van der Waals surface area contributed by atoms with Crippen LogP contribution in [0.3, 0.4) is 0 Å². The van der Waals surface area contributed by atoms with E-state index in [0.717, 1.165) is 11.4 Å². The van der Waals surface area contributed by atoms with Crippen molar-refractivity contribution < 1.29 is 42.1 Å². The average Bonchev–Trinajstić information content (AvgIpc) is 3.48. The van der Waals surface area contributed by atoms with Gasteiger partial charge in [-0.1, -0.05) is 0 Å². The zero-order chi connectivity index (χ0) is 25.4. The van der Waals surface area contributed by atoms with Crippen molar-refractivity contribution in [2.45, 2.75) is 36.2 Å². The number of hydrogen-bond donors (Lipinski definition) is 4. The van der Waals surface area contributed by atoms with Gasteiger partial charge in [0.15, 0.2) is 27.5 Å². The third kappa shape index (κ3) is 5.84. The van der Waals surface area contributed by atoms with E-state index in [0.29, 0.717) is 11.2 Å². The highest BCUT2D eigenvalue weighted by atomic mass is 32.7. The second-order valence-corrected chi connectivity index (χ2v) is 14.4. The van der Waals surface area contributed by atoms with E-state index in [-0.39, 0.29) is 37.0 Å². The number of aliphatic hydroxyl groups excluding tert-OH is 2. The minimum Gasteiger partial charge on any atom is -0.622 e. The Morgan fingerprint density at radius 2 is 2.17 bits per heavy atom. The summed E-state index contributed by atoms with van der Waals surface area (Å²) in [5.74, 6) is -0.923. The third-order valence-corrected chi connectivity index (χ3v) is 11.5. The highest BCUT2D eigenvalue weighted by Crippen LogP contribution is 2.70. The van der Waals surface area contributed by atoms with Crippen LogP contribution >= 0.6 is 18.5 Å². The van der Waals surface area contributed by atoms with Gasteiger partial charge in [0.2, 0.25) is 5.91 Å². The van der Waals surface area contributed by atoms with Crippen LogP contribution in [0.15, 0.2) is 12.7 Å². The number of sulfone groups is 1. The molecule has 1 amide bonds. The van der Waals surface area contributed by atoms with E-state index in [9.17, 15) is 28.3 Å². The smallest absolute Gasteiger partial charge is 0.299 e. The molecule has 35 heavy (non-hydrogen) atoms. The fourth-order valence-electron chi connectivity index (χ4n) is 3.62. The van der Waals surface area contributed by atoms with Crippen molar-refractivity contribution in [2.24, 2.45) is 0 Å². The Morgan fingerprint density at radius 1 is 1.40 bits per heavy atom. The lowest BCUT2D eigenvalue weighted by Crippen LogP contribution is -2.34. The Labute approximate surface area is 204 Å². The van der Waals surface area contributed by atoms with Crippen LogP contribution < -0.4 is 15.9 Å². The Kier molecular flexibility index (Phi) is 7.80. The number of aliphatic hydroxyl groups is 2. The van der Waals surface area contributed by atoms with Gasteiger partial charge in [0, 0.05) is 13.5 Å². The van der Waals surface area contributed by atoms with Crippen LogP contribution in [0.4, 0.5) is 5.82 Å². The van der Waals surface area contributed by atoms with E-state index >= 15 is 0 Å². The molecule has 2 fully saturated rings. The van der Waals surface area contributed by atoms with Crippen LogP contribution in [0, 0.1) is 0 Å². The zero-order valence-electron chi connectivity index (χ0n) is 18.5. The van der Waals surface area contributed by atoms with Gasteiger partial charge in [0.05, 0.1) is 34.5 Å². The summed E-state index contributed by atoms with van der Waals surface area (Å²) in [5, 5.41) is 22.7. The van der Waals surface area contributed by atoms with E-state index in [4.69, 9.17) is 19.5 Å². The lowest BCUT2D eigenvalue weighted by Gasteiger charge is -2.22. The largest absolute Gasteiger partial charge is 0.622 e. The van der Waals surface area contributed by atoms with E-state index in [1.54, 1.807) is 0 Å². The van der Waals surface area contributed by atoms with Crippen LogP contribution in [-0.4, -0.2) is 99.4 Å². The van der Waals surface area contributed by atoms with Gasteiger partial charge in [-0.05, 0) is 0 Å². The van der Waals surface area contributed by atoms with Crippen molar-refractivity contribution in [3.05, 3.63) is 12.7 Å². The van der Waals surface area contributed by atoms with Gasteiger partial charge in [-0.2, -0.15) is 9.05 Å². The zero-order valence-corrected chi connectivity index (χ0v) is 21.0. The number of nitrogen functional groups attached to an aromatic ring is 1. The lowest BCUT2D eigenvalue weighted by atomic mass is 10.1. The van der Waals surface area contributed by atoms with Crippen LogP contribution in [0.2, 0.25) is 0 Å². The maximum Gasteiger partial charge on any atom is 0.299 e. The van der Waals surface area contributed by atoms with E-state index < -0.39 is 52.7 Å². The first kappa shape index (κ1) is 26.4. The average molecular weight is 553 g/mol. The molecule has 6 atom stereocenters. The fourth-order valence-corrected chi connectivity index (χ4v) is 9.85. The first-order valence-corrected chi connectivity index (χ1v) is 15.3. The maximum absolute atomic E-state index is 12.9. The van der Waals surface area contributed by atoms with E-state index in [1.165, 1.54) is 24.3 Å². The molecule has 2 aromatic heterocycles. The van der Waals surface area contributed by atoms with Crippen LogP contribution in [0.1, 0.15) is 12.6 Å². The molecule has 0 aliphatic carbocycles. The van der Waals surface area contributed by atoms with Crippen LogP contribution in [-0.2, 0) is 28.4 Å². The summed E-state index contributed by atoms with van der Waals surface area (Å²) in [6, 6.07) is 0. The van der Waals surface area contributed by atoms with Gasteiger partial charge in [-0.15, -0.1) is 0 Å². The van der Waals surface area contributed by atoms with Gasteiger partial charge in [-0.3, -0.25) is 9.36 Å². The topological polar surface area (TPSA) is 224 Å². The monoisotopic (exact) mass is 552 g/mol.